The number of aliphatic hydroxyl groups is 1. The van der Waals surface area contributed by atoms with Crippen molar-refractivity contribution < 1.29 is 9.90 Å². The summed E-state index contributed by atoms with van der Waals surface area (Å²) in [5.41, 5.74) is 5.54. The van der Waals surface area contributed by atoms with Crippen molar-refractivity contribution in [3.05, 3.63) is 0 Å². The standard InChI is InChI=1S/C13H24N2O2/c14-10-13(6-2-7-13)12(17)15(8-3-9-16)11-4-1-5-11/h11,16H,1-10,14H2. The molecule has 0 aromatic rings. The van der Waals surface area contributed by atoms with Gasteiger partial charge in [0.25, 0.3) is 0 Å². The number of aliphatic hydroxyl groups excluding tert-OH is 1. The van der Waals surface area contributed by atoms with E-state index in [1.807, 2.05) is 4.90 Å². The van der Waals surface area contributed by atoms with Gasteiger partial charge in [-0.15, -0.1) is 0 Å². The second-order valence-electron chi connectivity index (χ2n) is 5.50. The highest BCUT2D eigenvalue weighted by Crippen LogP contribution is 2.43. The maximum absolute atomic E-state index is 12.6. The summed E-state index contributed by atoms with van der Waals surface area (Å²) < 4.78 is 0. The van der Waals surface area contributed by atoms with E-state index in [1.165, 1.54) is 6.42 Å². The topological polar surface area (TPSA) is 66.6 Å². The van der Waals surface area contributed by atoms with Gasteiger partial charge in [0, 0.05) is 25.7 Å². The van der Waals surface area contributed by atoms with Gasteiger partial charge in [-0.25, -0.2) is 0 Å². The molecule has 4 nitrogen and oxygen atoms in total. The van der Waals surface area contributed by atoms with Gasteiger partial charge >= 0.3 is 0 Å². The fraction of sp³-hybridized carbons (Fsp3) is 0.923. The lowest BCUT2D eigenvalue weighted by Crippen LogP contribution is -2.56. The Balaban J connectivity index is 2.00. The first-order valence-electron chi connectivity index (χ1n) is 6.85. The van der Waals surface area contributed by atoms with E-state index in [0.29, 0.717) is 25.6 Å². The summed E-state index contributed by atoms with van der Waals surface area (Å²) >= 11 is 0. The van der Waals surface area contributed by atoms with Crippen LogP contribution in [0.2, 0.25) is 0 Å². The van der Waals surface area contributed by atoms with Crippen LogP contribution in [0.15, 0.2) is 0 Å². The minimum atomic E-state index is -0.259. The molecule has 3 N–H and O–H groups in total. The molecule has 2 fully saturated rings. The molecule has 0 radical (unpaired) electrons. The van der Waals surface area contributed by atoms with Gasteiger partial charge in [-0.05, 0) is 38.5 Å². The Labute approximate surface area is 103 Å². The van der Waals surface area contributed by atoms with Crippen molar-refractivity contribution >= 4 is 5.91 Å². The second kappa shape index (κ2) is 5.36. The van der Waals surface area contributed by atoms with E-state index in [1.54, 1.807) is 0 Å². The van der Waals surface area contributed by atoms with Crippen molar-refractivity contribution in [3.63, 3.8) is 0 Å². The third-order valence-electron chi connectivity index (χ3n) is 4.49. The molecule has 2 aliphatic rings. The maximum Gasteiger partial charge on any atom is 0.230 e. The van der Waals surface area contributed by atoms with E-state index >= 15 is 0 Å². The van der Waals surface area contributed by atoms with Crippen molar-refractivity contribution in [2.45, 2.75) is 51.0 Å². The average Bonchev–Trinajstić information content (AvgIpc) is 2.20. The molecule has 0 aromatic heterocycles. The van der Waals surface area contributed by atoms with Crippen molar-refractivity contribution in [2.75, 3.05) is 19.7 Å². The zero-order valence-corrected chi connectivity index (χ0v) is 10.5. The lowest BCUT2D eigenvalue weighted by atomic mass is 9.67. The Morgan fingerprint density at radius 3 is 2.41 bits per heavy atom. The highest BCUT2D eigenvalue weighted by Gasteiger charge is 2.46. The predicted octanol–water partition coefficient (Wildman–Crippen LogP) is 0.879. The minimum absolute atomic E-state index is 0.159. The average molecular weight is 240 g/mol. The molecule has 0 unspecified atom stereocenters. The summed E-state index contributed by atoms with van der Waals surface area (Å²) in [6, 6.07) is 0.415. The monoisotopic (exact) mass is 240 g/mol. The number of carbonyl (C=O) groups is 1. The van der Waals surface area contributed by atoms with Gasteiger partial charge in [0.05, 0.1) is 5.41 Å². The Kier molecular flexibility index (Phi) is 4.05. The third-order valence-corrected chi connectivity index (χ3v) is 4.49. The fourth-order valence-electron chi connectivity index (χ4n) is 2.80. The molecular formula is C13H24N2O2. The van der Waals surface area contributed by atoms with Crippen LogP contribution in [0.25, 0.3) is 0 Å². The van der Waals surface area contributed by atoms with Gasteiger partial charge in [0.2, 0.25) is 5.91 Å². The number of hydrogen-bond donors (Lipinski definition) is 2. The quantitative estimate of drug-likeness (QED) is 0.724. The largest absolute Gasteiger partial charge is 0.396 e. The number of carbonyl (C=O) groups excluding carboxylic acids is 1. The summed E-state index contributed by atoms with van der Waals surface area (Å²) in [5.74, 6) is 0.254. The van der Waals surface area contributed by atoms with Crippen LogP contribution in [0.3, 0.4) is 0 Å². The third kappa shape index (κ3) is 2.33. The SMILES string of the molecule is NCC1(C(=O)N(CCCO)C2CCC2)CCC1. The molecule has 4 heteroatoms. The van der Waals surface area contributed by atoms with Crippen molar-refractivity contribution in [2.24, 2.45) is 11.1 Å². The van der Waals surface area contributed by atoms with E-state index < -0.39 is 0 Å². The van der Waals surface area contributed by atoms with Crippen LogP contribution in [0.1, 0.15) is 44.9 Å². The van der Waals surface area contributed by atoms with Crippen LogP contribution in [0.4, 0.5) is 0 Å². The van der Waals surface area contributed by atoms with Crippen molar-refractivity contribution in [3.8, 4) is 0 Å². The summed E-state index contributed by atoms with van der Waals surface area (Å²) in [6.07, 6.45) is 7.18. The van der Waals surface area contributed by atoms with Gasteiger partial charge in [0.1, 0.15) is 0 Å². The Morgan fingerprint density at radius 1 is 1.35 bits per heavy atom. The minimum Gasteiger partial charge on any atom is -0.396 e. The van der Waals surface area contributed by atoms with Gasteiger partial charge < -0.3 is 15.7 Å². The molecule has 1 amide bonds. The maximum atomic E-state index is 12.6. The van der Waals surface area contributed by atoms with Crippen LogP contribution in [0.5, 0.6) is 0 Å². The van der Waals surface area contributed by atoms with Gasteiger partial charge in [-0.1, -0.05) is 6.42 Å². The lowest BCUT2D eigenvalue weighted by molar-refractivity contribution is -0.151. The molecule has 2 rings (SSSR count). The summed E-state index contributed by atoms with van der Waals surface area (Å²) in [7, 11) is 0. The molecule has 17 heavy (non-hydrogen) atoms. The number of rotatable bonds is 6. The Morgan fingerprint density at radius 2 is 2.06 bits per heavy atom. The van der Waals surface area contributed by atoms with Gasteiger partial charge in [-0.2, -0.15) is 0 Å². The second-order valence-corrected chi connectivity index (χ2v) is 5.50. The normalized spacial score (nSPS) is 22.7. The molecule has 98 valence electrons. The van der Waals surface area contributed by atoms with E-state index in [9.17, 15) is 4.79 Å². The highest BCUT2D eigenvalue weighted by molar-refractivity contribution is 5.84. The molecular weight excluding hydrogens is 216 g/mol. The lowest BCUT2D eigenvalue weighted by Gasteiger charge is -2.47. The first kappa shape index (κ1) is 12.8. The summed E-state index contributed by atoms with van der Waals surface area (Å²) in [6.45, 7) is 1.34. The molecule has 0 bridgehead atoms. The fourth-order valence-corrected chi connectivity index (χ4v) is 2.80. The molecule has 0 heterocycles. The first-order valence-corrected chi connectivity index (χ1v) is 6.85. The molecule has 0 atom stereocenters. The highest BCUT2D eigenvalue weighted by atomic mass is 16.3. The summed E-state index contributed by atoms with van der Waals surface area (Å²) in [4.78, 5) is 14.6. The molecule has 0 saturated heterocycles. The Bertz CT molecular complexity index is 267. The number of nitrogens with zero attached hydrogens (tertiary/aromatic N) is 1. The van der Waals surface area contributed by atoms with E-state index in [4.69, 9.17) is 10.8 Å². The Hall–Kier alpha value is -0.610. The van der Waals surface area contributed by atoms with Crippen molar-refractivity contribution in [1.82, 2.24) is 4.90 Å². The number of nitrogens with two attached hydrogens (primary N) is 1. The number of hydrogen-bond acceptors (Lipinski definition) is 3. The molecule has 0 spiro atoms. The van der Waals surface area contributed by atoms with E-state index in [0.717, 1.165) is 32.1 Å². The molecule has 2 aliphatic carbocycles. The van der Waals surface area contributed by atoms with E-state index in [-0.39, 0.29) is 17.9 Å². The van der Waals surface area contributed by atoms with E-state index in [2.05, 4.69) is 0 Å². The molecule has 0 aliphatic heterocycles. The van der Waals surface area contributed by atoms with Crippen LogP contribution in [0, 0.1) is 5.41 Å². The predicted molar refractivity (Wildman–Crippen MR) is 66.4 cm³/mol. The zero-order valence-electron chi connectivity index (χ0n) is 10.5. The van der Waals surface area contributed by atoms with Crippen LogP contribution in [-0.2, 0) is 4.79 Å². The van der Waals surface area contributed by atoms with Crippen LogP contribution < -0.4 is 5.73 Å². The van der Waals surface area contributed by atoms with Crippen LogP contribution in [-0.4, -0.2) is 41.7 Å². The molecule has 0 aromatic carbocycles. The molecule has 2 saturated carbocycles. The summed E-state index contributed by atoms with van der Waals surface area (Å²) in [5, 5.41) is 8.94. The van der Waals surface area contributed by atoms with Gasteiger partial charge in [-0.3, -0.25) is 4.79 Å². The van der Waals surface area contributed by atoms with Crippen molar-refractivity contribution in [1.29, 1.82) is 0 Å². The number of amides is 1. The van der Waals surface area contributed by atoms with Crippen LogP contribution >= 0.6 is 0 Å². The first-order chi connectivity index (χ1) is 8.23. The van der Waals surface area contributed by atoms with Gasteiger partial charge in [0.15, 0.2) is 0 Å². The smallest absolute Gasteiger partial charge is 0.230 e. The zero-order chi connectivity index (χ0) is 12.3.